The van der Waals surface area contributed by atoms with Crippen LogP contribution in [0.1, 0.15) is 25.8 Å². The largest absolute Gasteiger partial charge is 0.493 e. The highest BCUT2D eigenvalue weighted by atomic mass is 35.5. The highest BCUT2D eigenvalue weighted by Crippen LogP contribution is 2.38. The zero-order chi connectivity index (χ0) is 23.6. The van der Waals surface area contributed by atoms with Gasteiger partial charge in [0.25, 0.3) is 11.8 Å². The summed E-state index contributed by atoms with van der Waals surface area (Å²) in [4.78, 5) is 38.6. The molecule has 1 saturated heterocycles. The predicted octanol–water partition coefficient (Wildman–Crippen LogP) is 5.50. The number of urea groups is 1. The molecular formula is C22H19Cl3N2O5. The van der Waals surface area contributed by atoms with Crippen molar-refractivity contribution in [1.82, 2.24) is 5.32 Å². The quantitative estimate of drug-likeness (QED) is 0.421. The molecule has 2 aromatic carbocycles. The molecule has 0 spiro atoms. The van der Waals surface area contributed by atoms with Crippen molar-refractivity contribution in [3.05, 3.63) is 56.5 Å². The van der Waals surface area contributed by atoms with Crippen molar-refractivity contribution in [3.8, 4) is 11.5 Å². The Hall–Kier alpha value is -2.74. The maximum atomic E-state index is 13.0. The molecule has 1 atom stereocenters. The Morgan fingerprint density at radius 2 is 1.78 bits per heavy atom. The molecule has 1 heterocycles. The molecular weight excluding hydrogens is 479 g/mol. The Bertz CT molecular complexity index is 1130. The van der Waals surface area contributed by atoms with Gasteiger partial charge in [0.05, 0.1) is 34.0 Å². The van der Waals surface area contributed by atoms with E-state index >= 15 is 0 Å². The average molecular weight is 498 g/mol. The summed E-state index contributed by atoms with van der Waals surface area (Å²) in [5, 5.41) is 2.80. The minimum absolute atomic E-state index is 0.0953. The van der Waals surface area contributed by atoms with E-state index in [-0.39, 0.29) is 32.4 Å². The van der Waals surface area contributed by atoms with Crippen LogP contribution in [0.2, 0.25) is 15.1 Å². The minimum Gasteiger partial charge on any atom is -0.493 e. The van der Waals surface area contributed by atoms with Crippen LogP contribution >= 0.6 is 34.8 Å². The number of amides is 4. The number of hydrogen-bond acceptors (Lipinski definition) is 5. The van der Waals surface area contributed by atoms with Crippen LogP contribution in [0.4, 0.5) is 10.5 Å². The molecule has 32 heavy (non-hydrogen) atoms. The zero-order valence-corrected chi connectivity index (χ0v) is 19.6. The smallest absolute Gasteiger partial charge is 0.335 e. The molecule has 1 N–H and O–H groups in total. The molecule has 3 rings (SSSR count). The number of benzene rings is 2. The number of nitrogens with one attached hydrogen (secondary N) is 1. The lowest BCUT2D eigenvalue weighted by atomic mass is 10.1. The molecule has 0 aliphatic carbocycles. The summed E-state index contributed by atoms with van der Waals surface area (Å²) >= 11 is 18.3. The molecule has 2 aromatic rings. The SMILES string of the molecule is CCC(C)Oc1c(Cl)cc(C=C2C(=O)NC(=O)N(c3ccc(Cl)c(Cl)c3)C2=O)cc1OC. The first-order valence-electron chi connectivity index (χ1n) is 9.57. The normalized spacial score (nSPS) is 16.2. The molecule has 168 valence electrons. The van der Waals surface area contributed by atoms with Crippen molar-refractivity contribution >= 4 is 64.4 Å². The van der Waals surface area contributed by atoms with Crippen LogP contribution in [-0.2, 0) is 9.59 Å². The van der Waals surface area contributed by atoms with Gasteiger partial charge in [0.2, 0.25) is 0 Å². The number of ether oxygens (including phenoxy) is 2. The maximum absolute atomic E-state index is 13.0. The van der Waals surface area contributed by atoms with Crippen molar-refractivity contribution in [1.29, 1.82) is 0 Å². The van der Waals surface area contributed by atoms with Crippen LogP contribution in [0.15, 0.2) is 35.9 Å². The molecule has 0 saturated carbocycles. The Balaban J connectivity index is 2.02. The monoisotopic (exact) mass is 496 g/mol. The summed E-state index contributed by atoms with van der Waals surface area (Å²) in [5.41, 5.74) is 0.294. The van der Waals surface area contributed by atoms with Crippen molar-refractivity contribution in [2.45, 2.75) is 26.4 Å². The zero-order valence-electron chi connectivity index (χ0n) is 17.4. The van der Waals surface area contributed by atoms with Crippen LogP contribution in [-0.4, -0.2) is 31.1 Å². The topological polar surface area (TPSA) is 84.9 Å². The fraction of sp³-hybridized carbons (Fsp3) is 0.227. The van der Waals surface area contributed by atoms with E-state index < -0.39 is 17.8 Å². The van der Waals surface area contributed by atoms with E-state index in [1.165, 1.54) is 37.5 Å². The van der Waals surface area contributed by atoms with Gasteiger partial charge in [-0.2, -0.15) is 0 Å². The van der Waals surface area contributed by atoms with Crippen LogP contribution in [0, 0.1) is 0 Å². The molecule has 0 radical (unpaired) electrons. The molecule has 1 aliphatic rings. The lowest BCUT2D eigenvalue weighted by Gasteiger charge is -2.26. The summed E-state index contributed by atoms with van der Waals surface area (Å²) in [5.74, 6) is -0.970. The number of halogens is 3. The third-order valence-corrected chi connectivity index (χ3v) is 5.74. The van der Waals surface area contributed by atoms with Crippen LogP contribution in [0.3, 0.4) is 0 Å². The molecule has 10 heteroatoms. The molecule has 1 unspecified atom stereocenters. The van der Waals surface area contributed by atoms with Crippen molar-refractivity contribution in [3.63, 3.8) is 0 Å². The third kappa shape index (κ3) is 4.85. The molecule has 4 amide bonds. The second kappa shape index (κ2) is 9.81. The van der Waals surface area contributed by atoms with E-state index in [0.717, 1.165) is 11.3 Å². The van der Waals surface area contributed by atoms with E-state index in [0.29, 0.717) is 17.1 Å². The van der Waals surface area contributed by atoms with E-state index in [2.05, 4.69) is 5.32 Å². The number of methoxy groups -OCH3 is 1. The van der Waals surface area contributed by atoms with Crippen LogP contribution < -0.4 is 19.7 Å². The minimum atomic E-state index is -0.900. The first-order chi connectivity index (χ1) is 15.2. The maximum Gasteiger partial charge on any atom is 0.335 e. The van der Waals surface area contributed by atoms with Gasteiger partial charge in [-0.05, 0) is 55.3 Å². The average Bonchev–Trinajstić information content (AvgIpc) is 2.74. The summed E-state index contributed by atoms with van der Waals surface area (Å²) in [6.07, 6.45) is 1.98. The van der Waals surface area contributed by atoms with Gasteiger partial charge in [-0.15, -0.1) is 0 Å². The number of anilines is 1. The van der Waals surface area contributed by atoms with Gasteiger partial charge in [0.15, 0.2) is 11.5 Å². The van der Waals surface area contributed by atoms with Gasteiger partial charge in [-0.3, -0.25) is 14.9 Å². The Labute approximate surface area is 199 Å². The van der Waals surface area contributed by atoms with Gasteiger partial charge in [-0.1, -0.05) is 41.7 Å². The number of hydrogen-bond donors (Lipinski definition) is 1. The third-order valence-electron chi connectivity index (χ3n) is 4.72. The molecule has 1 aliphatic heterocycles. The van der Waals surface area contributed by atoms with E-state index in [4.69, 9.17) is 44.3 Å². The molecule has 7 nitrogen and oxygen atoms in total. The van der Waals surface area contributed by atoms with Gasteiger partial charge >= 0.3 is 6.03 Å². The number of carbonyl (C=O) groups excluding carboxylic acids is 3. The van der Waals surface area contributed by atoms with Gasteiger partial charge in [-0.25, -0.2) is 9.69 Å². The summed E-state index contributed by atoms with van der Waals surface area (Å²) < 4.78 is 11.2. The van der Waals surface area contributed by atoms with Gasteiger partial charge in [0, 0.05) is 0 Å². The Kier molecular flexibility index (Phi) is 7.33. The standard InChI is InChI=1S/C22H19Cl3N2O5/c1-4-11(2)32-19-17(25)8-12(9-18(19)31-3)7-14-20(28)26-22(30)27(21(14)29)13-5-6-15(23)16(24)10-13/h5-11H,4H2,1-3H3,(H,26,28,30). The van der Waals surface area contributed by atoms with E-state index in [1.807, 2.05) is 13.8 Å². The fourth-order valence-corrected chi connectivity index (χ4v) is 3.46. The van der Waals surface area contributed by atoms with E-state index in [1.54, 1.807) is 6.07 Å². The number of imide groups is 2. The second-order valence-electron chi connectivity index (χ2n) is 6.93. The second-order valence-corrected chi connectivity index (χ2v) is 8.15. The lowest BCUT2D eigenvalue weighted by molar-refractivity contribution is -0.122. The van der Waals surface area contributed by atoms with Gasteiger partial charge < -0.3 is 9.47 Å². The fourth-order valence-electron chi connectivity index (χ4n) is 2.90. The summed E-state index contributed by atoms with van der Waals surface area (Å²) in [6.45, 7) is 3.86. The molecule has 1 fully saturated rings. The number of rotatable bonds is 6. The summed E-state index contributed by atoms with van der Waals surface area (Å²) in [7, 11) is 1.45. The van der Waals surface area contributed by atoms with Gasteiger partial charge in [0.1, 0.15) is 5.57 Å². The van der Waals surface area contributed by atoms with Crippen LogP contribution in [0.5, 0.6) is 11.5 Å². The van der Waals surface area contributed by atoms with E-state index in [9.17, 15) is 14.4 Å². The molecule has 0 bridgehead atoms. The number of carbonyl (C=O) groups is 3. The lowest BCUT2D eigenvalue weighted by Crippen LogP contribution is -2.54. The van der Waals surface area contributed by atoms with Crippen molar-refractivity contribution in [2.75, 3.05) is 12.0 Å². The van der Waals surface area contributed by atoms with Crippen molar-refractivity contribution in [2.24, 2.45) is 0 Å². The first kappa shape index (κ1) is 23.9. The number of barbiturate groups is 1. The Morgan fingerprint density at radius 3 is 2.41 bits per heavy atom. The Morgan fingerprint density at radius 1 is 1.06 bits per heavy atom. The van der Waals surface area contributed by atoms with Crippen molar-refractivity contribution < 1.29 is 23.9 Å². The summed E-state index contributed by atoms with van der Waals surface area (Å²) in [6, 6.07) is 6.46. The predicted molar refractivity (Wildman–Crippen MR) is 124 cm³/mol. The molecule has 0 aromatic heterocycles. The highest BCUT2D eigenvalue weighted by Gasteiger charge is 2.37. The van der Waals surface area contributed by atoms with Crippen LogP contribution in [0.25, 0.3) is 6.08 Å². The number of nitrogens with zero attached hydrogens (tertiary/aromatic N) is 1. The highest BCUT2D eigenvalue weighted by molar-refractivity contribution is 6.43. The first-order valence-corrected chi connectivity index (χ1v) is 10.7.